The molecule has 0 aliphatic heterocycles. The SMILES string of the molecule is CCC(C)(CBr)NC(=O)c1ccc(Cl)cc1F. The number of nitrogens with one attached hydrogen (secondary N) is 1. The zero-order valence-electron chi connectivity index (χ0n) is 9.69. The van der Waals surface area contributed by atoms with Gasteiger partial charge in [0.2, 0.25) is 0 Å². The van der Waals surface area contributed by atoms with E-state index in [1.54, 1.807) is 0 Å². The monoisotopic (exact) mass is 321 g/mol. The van der Waals surface area contributed by atoms with Crippen molar-refractivity contribution in [2.75, 3.05) is 5.33 Å². The van der Waals surface area contributed by atoms with E-state index in [0.29, 0.717) is 5.33 Å². The minimum Gasteiger partial charge on any atom is -0.346 e. The lowest BCUT2D eigenvalue weighted by Crippen LogP contribution is -2.47. The maximum absolute atomic E-state index is 13.5. The van der Waals surface area contributed by atoms with Crippen LogP contribution in [0.4, 0.5) is 4.39 Å². The number of rotatable bonds is 4. The Morgan fingerprint density at radius 1 is 1.59 bits per heavy atom. The van der Waals surface area contributed by atoms with Crippen LogP contribution in [0.15, 0.2) is 18.2 Å². The lowest BCUT2D eigenvalue weighted by Gasteiger charge is -2.27. The van der Waals surface area contributed by atoms with Gasteiger partial charge in [0.25, 0.3) is 5.91 Å². The average Bonchev–Trinajstić information content (AvgIpc) is 2.28. The highest BCUT2D eigenvalue weighted by Gasteiger charge is 2.24. The van der Waals surface area contributed by atoms with Crippen molar-refractivity contribution < 1.29 is 9.18 Å². The molecular formula is C12H14BrClFNO. The molecule has 1 unspecified atom stereocenters. The van der Waals surface area contributed by atoms with Crippen molar-refractivity contribution >= 4 is 33.4 Å². The molecule has 0 fully saturated rings. The van der Waals surface area contributed by atoms with Gasteiger partial charge in [0, 0.05) is 15.9 Å². The third-order valence-electron chi connectivity index (χ3n) is 2.67. The number of hydrogen-bond donors (Lipinski definition) is 1. The predicted molar refractivity (Wildman–Crippen MR) is 71.4 cm³/mol. The standard InChI is InChI=1S/C12H14BrClFNO/c1-3-12(2,7-13)16-11(17)9-5-4-8(14)6-10(9)15/h4-6H,3,7H2,1-2H3,(H,16,17). The topological polar surface area (TPSA) is 29.1 Å². The van der Waals surface area contributed by atoms with Gasteiger partial charge >= 0.3 is 0 Å². The second kappa shape index (κ2) is 5.83. The third-order valence-corrected chi connectivity index (χ3v) is 4.14. The maximum Gasteiger partial charge on any atom is 0.254 e. The van der Waals surface area contributed by atoms with Crippen LogP contribution in [-0.4, -0.2) is 16.8 Å². The Balaban J connectivity index is 2.90. The quantitative estimate of drug-likeness (QED) is 0.840. The second-order valence-electron chi connectivity index (χ2n) is 4.13. The lowest BCUT2D eigenvalue weighted by atomic mass is 10.0. The van der Waals surface area contributed by atoms with E-state index < -0.39 is 11.7 Å². The summed E-state index contributed by atoms with van der Waals surface area (Å²) in [4.78, 5) is 11.9. The smallest absolute Gasteiger partial charge is 0.254 e. The molecule has 1 rings (SSSR count). The van der Waals surface area contributed by atoms with Crippen molar-refractivity contribution in [2.45, 2.75) is 25.8 Å². The Hall–Kier alpha value is -0.610. The summed E-state index contributed by atoms with van der Waals surface area (Å²) in [7, 11) is 0. The minimum absolute atomic E-state index is 0.00928. The summed E-state index contributed by atoms with van der Waals surface area (Å²) in [5, 5.41) is 3.68. The van der Waals surface area contributed by atoms with E-state index in [4.69, 9.17) is 11.6 Å². The second-order valence-corrected chi connectivity index (χ2v) is 5.12. The number of amides is 1. The highest BCUT2D eigenvalue weighted by molar-refractivity contribution is 9.09. The fourth-order valence-electron chi connectivity index (χ4n) is 1.23. The van der Waals surface area contributed by atoms with Crippen LogP contribution in [0, 0.1) is 5.82 Å². The van der Waals surface area contributed by atoms with Gasteiger partial charge in [0.15, 0.2) is 0 Å². The van der Waals surface area contributed by atoms with Crippen LogP contribution < -0.4 is 5.32 Å². The molecule has 5 heteroatoms. The zero-order valence-corrected chi connectivity index (χ0v) is 12.0. The van der Waals surface area contributed by atoms with Crippen molar-refractivity contribution in [2.24, 2.45) is 0 Å². The van der Waals surface area contributed by atoms with Gasteiger partial charge < -0.3 is 5.32 Å². The van der Waals surface area contributed by atoms with Crippen molar-refractivity contribution in [3.8, 4) is 0 Å². The Morgan fingerprint density at radius 3 is 2.71 bits per heavy atom. The third kappa shape index (κ3) is 3.68. The van der Waals surface area contributed by atoms with E-state index in [2.05, 4.69) is 21.2 Å². The molecule has 1 amide bonds. The lowest BCUT2D eigenvalue weighted by molar-refractivity contribution is 0.0909. The minimum atomic E-state index is -0.608. The molecule has 0 aromatic heterocycles. The van der Waals surface area contributed by atoms with Gasteiger partial charge in [-0.2, -0.15) is 0 Å². The summed E-state index contributed by atoms with van der Waals surface area (Å²) >= 11 is 8.96. The first-order valence-electron chi connectivity index (χ1n) is 5.25. The summed E-state index contributed by atoms with van der Waals surface area (Å²) in [5.74, 6) is -1.04. The zero-order chi connectivity index (χ0) is 13.1. The fraction of sp³-hybridized carbons (Fsp3) is 0.417. The molecule has 0 saturated carbocycles. The van der Waals surface area contributed by atoms with Gasteiger partial charge in [-0.1, -0.05) is 34.5 Å². The molecule has 94 valence electrons. The summed E-state index contributed by atoms with van der Waals surface area (Å²) in [6, 6.07) is 4.02. The highest BCUT2D eigenvalue weighted by Crippen LogP contribution is 2.17. The van der Waals surface area contributed by atoms with Gasteiger partial charge in [-0.15, -0.1) is 0 Å². The molecular weight excluding hydrogens is 308 g/mol. The number of alkyl halides is 1. The number of halogens is 3. The molecule has 1 aromatic carbocycles. The fourth-order valence-corrected chi connectivity index (χ4v) is 1.93. The van der Waals surface area contributed by atoms with E-state index in [9.17, 15) is 9.18 Å². The van der Waals surface area contributed by atoms with E-state index in [0.717, 1.165) is 12.5 Å². The van der Waals surface area contributed by atoms with Gasteiger partial charge in [0.05, 0.1) is 5.56 Å². The Kier molecular flexibility index (Phi) is 4.95. The molecule has 0 spiro atoms. The van der Waals surface area contributed by atoms with Crippen molar-refractivity contribution in [1.82, 2.24) is 5.32 Å². The van der Waals surface area contributed by atoms with E-state index in [1.807, 2.05) is 13.8 Å². The van der Waals surface area contributed by atoms with Crippen molar-refractivity contribution in [3.05, 3.63) is 34.6 Å². The molecule has 0 aliphatic rings. The molecule has 0 radical (unpaired) electrons. The number of benzene rings is 1. The van der Waals surface area contributed by atoms with Gasteiger partial charge in [-0.3, -0.25) is 4.79 Å². The van der Waals surface area contributed by atoms with Crippen LogP contribution in [0.3, 0.4) is 0 Å². The number of hydrogen-bond acceptors (Lipinski definition) is 1. The first-order valence-corrected chi connectivity index (χ1v) is 6.75. The molecule has 0 aliphatic carbocycles. The van der Waals surface area contributed by atoms with Crippen LogP contribution in [0.25, 0.3) is 0 Å². The Morgan fingerprint density at radius 2 is 2.24 bits per heavy atom. The maximum atomic E-state index is 13.5. The number of carbonyl (C=O) groups is 1. The van der Waals surface area contributed by atoms with E-state index in [-0.39, 0.29) is 16.1 Å². The van der Waals surface area contributed by atoms with Crippen LogP contribution in [-0.2, 0) is 0 Å². The van der Waals surface area contributed by atoms with Crippen LogP contribution >= 0.6 is 27.5 Å². The van der Waals surface area contributed by atoms with Gasteiger partial charge in [0.1, 0.15) is 5.82 Å². The van der Waals surface area contributed by atoms with Gasteiger partial charge in [-0.05, 0) is 31.5 Å². The molecule has 17 heavy (non-hydrogen) atoms. The largest absolute Gasteiger partial charge is 0.346 e. The molecule has 1 atom stereocenters. The van der Waals surface area contributed by atoms with Crippen LogP contribution in [0.5, 0.6) is 0 Å². The molecule has 2 nitrogen and oxygen atoms in total. The Bertz CT molecular complexity index is 421. The first-order chi connectivity index (χ1) is 7.91. The molecule has 0 bridgehead atoms. The van der Waals surface area contributed by atoms with Crippen molar-refractivity contribution in [3.63, 3.8) is 0 Å². The first kappa shape index (κ1) is 14.5. The predicted octanol–water partition coefficient (Wildman–Crippen LogP) is 3.77. The Labute approximate surface area is 114 Å². The average molecular weight is 323 g/mol. The summed E-state index contributed by atoms with van der Waals surface area (Å²) in [6.45, 7) is 3.85. The molecule has 1 N–H and O–H groups in total. The van der Waals surface area contributed by atoms with Crippen LogP contribution in [0.1, 0.15) is 30.6 Å². The van der Waals surface area contributed by atoms with Crippen LogP contribution in [0.2, 0.25) is 5.02 Å². The molecule has 1 aromatic rings. The molecule has 0 heterocycles. The van der Waals surface area contributed by atoms with E-state index in [1.165, 1.54) is 12.1 Å². The van der Waals surface area contributed by atoms with Crippen molar-refractivity contribution in [1.29, 1.82) is 0 Å². The summed E-state index contributed by atoms with van der Waals surface area (Å²) < 4.78 is 13.5. The highest BCUT2D eigenvalue weighted by atomic mass is 79.9. The van der Waals surface area contributed by atoms with E-state index >= 15 is 0 Å². The molecule has 0 saturated heterocycles. The number of carbonyl (C=O) groups excluding carboxylic acids is 1. The normalized spacial score (nSPS) is 14.2. The van der Waals surface area contributed by atoms with Gasteiger partial charge in [-0.25, -0.2) is 4.39 Å². The summed E-state index contributed by atoms with van der Waals surface area (Å²) in [6.07, 6.45) is 0.749. The summed E-state index contributed by atoms with van der Waals surface area (Å²) in [5.41, 5.74) is -0.376.